The molecule has 0 aliphatic rings. The van der Waals surface area contributed by atoms with E-state index < -0.39 is 5.91 Å². The van der Waals surface area contributed by atoms with Gasteiger partial charge in [0.2, 0.25) is 0 Å². The van der Waals surface area contributed by atoms with E-state index in [1.54, 1.807) is 0 Å². The Bertz CT molecular complexity index is 301. The highest BCUT2D eigenvalue weighted by atomic mass is 35.5. The second-order valence-corrected chi connectivity index (χ2v) is 2.20. The Balaban J connectivity index is 3.23. The third-order valence-electron chi connectivity index (χ3n) is 1.03. The lowest BCUT2D eigenvalue weighted by atomic mass is 10.3. The van der Waals surface area contributed by atoms with Crippen molar-refractivity contribution in [2.24, 2.45) is 5.73 Å². The quantitative estimate of drug-likeness (QED) is 0.614. The normalized spacial score (nSPS) is 9.55. The second kappa shape index (κ2) is 2.71. The molecule has 0 radical (unpaired) electrons. The highest BCUT2D eigenvalue weighted by Gasteiger charge is 2.08. The van der Waals surface area contributed by atoms with Crippen LogP contribution in [0.15, 0.2) is 6.07 Å². The van der Waals surface area contributed by atoms with Gasteiger partial charge < -0.3 is 11.5 Å². The molecule has 4 N–H and O–H groups in total. The van der Waals surface area contributed by atoms with Crippen LogP contribution < -0.4 is 11.5 Å². The largest absolute Gasteiger partial charge is 0.382 e. The highest BCUT2D eigenvalue weighted by Crippen LogP contribution is 2.11. The van der Waals surface area contributed by atoms with Gasteiger partial charge in [-0.2, -0.15) is 0 Å². The number of rotatable bonds is 1. The zero-order chi connectivity index (χ0) is 8.43. The minimum Gasteiger partial charge on any atom is -0.382 e. The van der Waals surface area contributed by atoms with Crippen LogP contribution in [0.1, 0.15) is 10.4 Å². The zero-order valence-electron chi connectivity index (χ0n) is 5.41. The average molecular weight is 173 g/mol. The summed E-state index contributed by atoms with van der Waals surface area (Å²) in [7, 11) is 0. The number of amides is 1. The molecule has 1 aromatic rings. The van der Waals surface area contributed by atoms with Gasteiger partial charge in [0.25, 0.3) is 5.91 Å². The Morgan fingerprint density at radius 2 is 2.18 bits per heavy atom. The minimum atomic E-state index is -0.670. The van der Waals surface area contributed by atoms with Gasteiger partial charge >= 0.3 is 0 Å². The number of nitrogens with two attached hydrogens (primary N) is 2. The molecule has 1 rings (SSSR count). The van der Waals surface area contributed by atoms with Gasteiger partial charge in [-0.1, -0.05) is 11.6 Å². The first-order valence-electron chi connectivity index (χ1n) is 2.70. The first kappa shape index (κ1) is 7.74. The number of carbonyl (C=O) groups excluding carboxylic acids is 1. The summed E-state index contributed by atoms with van der Waals surface area (Å²) in [5.41, 5.74) is 10.2. The first-order valence-corrected chi connectivity index (χ1v) is 3.07. The SMILES string of the molecule is NC(=O)c1cc(N)nnc1Cl. The molecule has 0 unspecified atom stereocenters. The highest BCUT2D eigenvalue weighted by molar-refractivity contribution is 6.32. The van der Waals surface area contributed by atoms with Gasteiger partial charge in [0.1, 0.15) is 5.82 Å². The lowest BCUT2D eigenvalue weighted by Crippen LogP contribution is -2.13. The van der Waals surface area contributed by atoms with E-state index in [1.807, 2.05) is 0 Å². The van der Waals surface area contributed by atoms with Gasteiger partial charge in [-0.25, -0.2) is 0 Å². The third-order valence-corrected chi connectivity index (χ3v) is 1.31. The Hall–Kier alpha value is -1.36. The number of hydrogen-bond acceptors (Lipinski definition) is 4. The molecule has 0 spiro atoms. The summed E-state index contributed by atoms with van der Waals surface area (Å²) < 4.78 is 0. The summed E-state index contributed by atoms with van der Waals surface area (Å²) in [6, 6.07) is 1.28. The van der Waals surface area contributed by atoms with Gasteiger partial charge in [-0.05, 0) is 6.07 Å². The van der Waals surface area contributed by atoms with Crippen molar-refractivity contribution in [3.63, 3.8) is 0 Å². The standard InChI is InChI=1S/C5H5ClN4O/c6-4-2(5(8)11)1-3(7)9-10-4/h1H,(H2,7,9)(H2,8,11). The second-order valence-electron chi connectivity index (χ2n) is 1.84. The van der Waals surface area contributed by atoms with Crippen molar-refractivity contribution in [3.05, 3.63) is 16.8 Å². The number of nitrogens with zero attached hydrogens (tertiary/aromatic N) is 2. The number of nitrogen functional groups attached to an aromatic ring is 1. The molecule has 0 aliphatic carbocycles. The number of primary amides is 1. The zero-order valence-corrected chi connectivity index (χ0v) is 6.17. The Kier molecular flexibility index (Phi) is 1.91. The van der Waals surface area contributed by atoms with E-state index in [1.165, 1.54) is 6.07 Å². The number of carbonyl (C=O) groups is 1. The fourth-order valence-corrected chi connectivity index (χ4v) is 0.750. The number of aromatic nitrogens is 2. The molecule has 0 fully saturated rings. The van der Waals surface area contributed by atoms with Gasteiger partial charge in [0, 0.05) is 0 Å². The molecule has 0 aromatic carbocycles. The summed E-state index contributed by atoms with van der Waals surface area (Å²) in [4.78, 5) is 10.6. The van der Waals surface area contributed by atoms with Gasteiger partial charge in [0.05, 0.1) is 5.56 Å². The van der Waals surface area contributed by atoms with Crippen LogP contribution in [0, 0.1) is 0 Å². The van der Waals surface area contributed by atoms with Crippen LogP contribution in [-0.4, -0.2) is 16.1 Å². The van der Waals surface area contributed by atoms with E-state index in [-0.39, 0.29) is 16.5 Å². The van der Waals surface area contributed by atoms with Crippen LogP contribution >= 0.6 is 11.6 Å². The number of hydrogen-bond donors (Lipinski definition) is 2. The maximum atomic E-state index is 10.6. The van der Waals surface area contributed by atoms with E-state index in [0.717, 1.165) is 0 Å². The monoisotopic (exact) mass is 172 g/mol. The molecule has 1 heterocycles. The molecular weight excluding hydrogens is 168 g/mol. The van der Waals surface area contributed by atoms with E-state index >= 15 is 0 Å². The molecule has 1 aromatic heterocycles. The lowest BCUT2D eigenvalue weighted by molar-refractivity contribution is 0.1000. The van der Waals surface area contributed by atoms with Crippen molar-refractivity contribution in [1.29, 1.82) is 0 Å². The molecule has 58 valence electrons. The molecule has 5 nitrogen and oxygen atoms in total. The topological polar surface area (TPSA) is 94.9 Å². The van der Waals surface area contributed by atoms with Crippen molar-refractivity contribution in [2.75, 3.05) is 5.73 Å². The van der Waals surface area contributed by atoms with Crippen molar-refractivity contribution >= 4 is 23.3 Å². The van der Waals surface area contributed by atoms with Gasteiger partial charge in [-0.3, -0.25) is 4.79 Å². The molecule has 1 amide bonds. The fourth-order valence-electron chi connectivity index (χ4n) is 0.565. The van der Waals surface area contributed by atoms with Crippen molar-refractivity contribution in [1.82, 2.24) is 10.2 Å². The van der Waals surface area contributed by atoms with Crippen LogP contribution in [0.2, 0.25) is 5.15 Å². The van der Waals surface area contributed by atoms with Crippen LogP contribution in [0.5, 0.6) is 0 Å². The van der Waals surface area contributed by atoms with Crippen LogP contribution in [-0.2, 0) is 0 Å². The lowest BCUT2D eigenvalue weighted by Gasteiger charge is -1.96. The summed E-state index contributed by atoms with van der Waals surface area (Å²) in [6.07, 6.45) is 0. The van der Waals surface area contributed by atoms with Crippen LogP contribution in [0.3, 0.4) is 0 Å². The van der Waals surface area contributed by atoms with Crippen molar-refractivity contribution in [3.8, 4) is 0 Å². The Morgan fingerprint density at radius 1 is 1.55 bits per heavy atom. The Morgan fingerprint density at radius 3 is 2.64 bits per heavy atom. The smallest absolute Gasteiger partial charge is 0.252 e. The molecule has 0 aliphatic heterocycles. The maximum Gasteiger partial charge on any atom is 0.252 e. The average Bonchev–Trinajstić information content (AvgIpc) is 1.94. The third kappa shape index (κ3) is 1.56. The van der Waals surface area contributed by atoms with Crippen molar-refractivity contribution in [2.45, 2.75) is 0 Å². The predicted octanol–water partition coefficient (Wildman–Crippen LogP) is -0.189. The minimum absolute atomic E-state index is 0.0355. The van der Waals surface area contributed by atoms with E-state index in [9.17, 15) is 4.79 Å². The molecular formula is C5H5ClN4O. The number of halogens is 1. The molecule has 0 saturated heterocycles. The molecule has 6 heteroatoms. The predicted molar refractivity (Wildman–Crippen MR) is 40.0 cm³/mol. The maximum absolute atomic E-state index is 10.6. The van der Waals surface area contributed by atoms with Crippen LogP contribution in [0.25, 0.3) is 0 Å². The molecule has 0 bridgehead atoms. The summed E-state index contributed by atoms with van der Waals surface area (Å²) in [5.74, 6) is -0.556. The molecule has 11 heavy (non-hydrogen) atoms. The fraction of sp³-hybridized carbons (Fsp3) is 0. The van der Waals surface area contributed by atoms with Crippen molar-refractivity contribution < 1.29 is 4.79 Å². The molecule has 0 atom stereocenters. The summed E-state index contributed by atoms with van der Waals surface area (Å²) >= 11 is 5.46. The molecule has 0 saturated carbocycles. The van der Waals surface area contributed by atoms with E-state index in [4.69, 9.17) is 23.1 Å². The first-order chi connectivity index (χ1) is 5.11. The van der Waals surface area contributed by atoms with Gasteiger partial charge in [0.15, 0.2) is 5.15 Å². The summed E-state index contributed by atoms with van der Waals surface area (Å²) in [6.45, 7) is 0. The number of anilines is 1. The Labute approximate surface area is 67.3 Å². The van der Waals surface area contributed by atoms with E-state index in [2.05, 4.69) is 10.2 Å². The summed E-state index contributed by atoms with van der Waals surface area (Å²) in [5, 5.41) is 6.76. The van der Waals surface area contributed by atoms with Crippen LogP contribution in [0.4, 0.5) is 5.82 Å². The van der Waals surface area contributed by atoms with E-state index in [0.29, 0.717) is 0 Å². The van der Waals surface area contributed by atoms with Gasteiger partial charge in [-0.15, -0.1) is 10.2 Å².